The second kappa shape index (κ2) is 7.87. The van der Waals surface area contributed by atoms with E-state index >= 15 is 0 Å². The summed E-state index contributed by atoms with van der Waals surface area (Å²) in [6, 6.07) is 6.99. The Hall–Kier alpha value is -0.970. The van der Waals surface area contributed by atoms with Crippen LogP contribution in [0, 0.1) is 5.82 Å². The average molecular weight is 372 g/mol. The fraction of sp³-hybridized carbons (Fsp3) is 0.312. The molecular weight excluding hydrogens is 355 g/mol. The van der Waals surface area contributed by atoms with E-state index in [0.29, 0.717) is 17.0 Å². The monoisotopic (exact) mass is 370 g/mol. The van der Waals surface area contributed by atoms with Crippen LogP contribution in [0.5, 0.6) is 0 Å². The van der Waals surface area contributed by atoms with Crippen molar-refractivity contribution in [3.8, 4) is 0 Å². The van der Waals surface area contributed by atoms with Gasteiger partial charge in [-0.1, -0.05) is 40.5 Å². The molecule has 1 heterocycles. The zero-order valence-electron chi connectivity index (χ0n) is 11.7. The third kappa shape index (κ3) is 4.50. The maximum absolute atomic E-state index is 14.0. The first-order valence-corrected chi connectivity index (χ1v) is 8.05. The lowest BCUT2D eigenvalue weighted by Gasteiger charge is -2.20. The molecule has 0 aliphatic carbocycles. The summed E-state index contributed by atoms with van der Waals surface area (Å²) in [6.45, 7) is 2.94. The lowest BCUT2D eigenvalue weighted by atomic mass is 9.99. The Bertz CT molecular complexity index is 607. The smallest absolute Gasteiger partial charge is 0.127 e. The Labute approximate surface area is 137 Å². The van der Waals surface area contributed by atoms with Crippen LogP contribution in [0.15, 0.2) is 41.1 Å². The van der Waals surface area contributed by atoms with E-state index < -0.39 is 0 Å². The van der Waals surface area contributed by atoms with Gasteiger partial charge < -0.3 is 5.32 Å². The number of rotatable bonds is 6. The van der Waals surface area contributed by atoms with Gasteiger partial charge in [0.1, 0.15) is 5.82 Å². The number of benzene rings is 1. The van der Waals surface area contributed by atoms with Gasteiger partial charge in [0.2, 0.25) is 0 Å². The summed E-state index contributed by atoms with van der Waals surface area (Å²) in [6.07, 6.45) is 4.88. The molecule has 0 saturated carbocycles. The van der Waals surface area contributed by atoms with Gasteiger partial charge in [-0.25, -0.2) is 4.39 Å². The summed E-state index contributed by atoms with van der Waals surface area (Å²) in [5, 5.41) is 4.03. The van der Waals surface area contributed by atoms with Crippen molar-refractivity contribution in [1.82, 2.24) is 10.3 Å². The van der Waals surface area contributed by atoms with Crippen LogP contribution in [0.25, 0.3) is 0 Å². The van der Waals surface area contributed by atoms with E-state index in [1.807, 2.05) is 12.1 Å². The molecule has 0 saturated heterocycles. The number of aromatic nitrogens is 1. The highest BCUT2D eigenvalue weighted by Crippen LogP contribution is 2.26. The van der Waals surface area contributed by atoms with Crippen molar-refractivity contribution in [3.05, 3.63) is 63.1 Å². The molecule has 5 heteroatoms. The van der Waals surface area contributed by atoms with Gasteiger partial charge in [-0.2, -0.15) is 0 Å². The SMILES string of the molecule is CCCNC(Cc1ccc(Br)cc1F)c1ccncc1Cl. The van der Waals surface area contributed by atoms with Gasteiger partial charge in [0, 0.05) is 22.9 Å². The van der Waals surface area contributed by atoms with Gasteiger partial charge in [0.25, 0.3) is 0 Å². The van der Waals surface area contributed by atoms with E-state index in [4.69, 9.17) is 11.6 Å². The van der Waals surface area contributed by atoms with Crippen molar-refractivity contribution >= 4 is 27.5 Å². The van der Waals surface area contributed by atoms with Crippen molar-refractivity contribution in [2.45, 2.75) is 25.8 Å². The molecular formula is C16H17BrClFN2. The zero-order valence-corrected chi connectivity index (χ0v) is 14.1. The van der Waals surface area contributed by atoms with Crippen LogP contribution >= 0.6 is 27.5 Å². The van der Waals surface area contributed by atoms with Crippen LogP contribution in [0.3, 0.4) is 0 Å². The number of hydrogen-bond acceptors (Lipinski definition) is 2. The average Bonchev–Trinajstić information content (AvgIpc) is 2.46. The molecule has 0 radical (unpaired) electrons. The molecule has 112 valence electrons. The summed E-state index contributed by atoms with van der Waals surface area (Å²) < 4.78 is 14.8. The quantitative estimate of drug-likeness (QED) is 0.779. The molecule has 2 nitrogen and oxygen atoms in total. The minimum atomic E-state index is -0.210. The highest BCUT2D eigenvalue weighted by Gasteiger charge is 2.16. The third-order valence-electron chi connectivity index (χ3n) is 3.26. The summed E-state index contributed by atoms with van der Waals surface area (Å²) in [4.78, 5) is 4.00. The molecule has 2 aromatic rings. The fourth-order valence-electron chi connectivity index (χ4n) is 2.19. The minimum Gasteiger partial charge on any atom is -0.310 e. The van der Waals surface area contributed by atoms with Gasteiger partial charge in [-0.15, -0.1) is 0 Å². The van der Waals surface area contributed by atoms with Crippen LogP contribution < -0.4 is 5.32 Å². The Morgan fingerprint density at radius 3 is 2.86 bits per heavy atom. The van der Waals surface area contributed by atoms with E-state index in [0.717, 1.165) is 23.0 Å². The number of pyridine rings is 1. The first-order chi connectivity index (χ1) is 10.1. The molecule has 0 amide bonds. The predicted molar refractivity (Wildman–Crippen MR) is 88.1 cm³/mol. The fourth-order valence-corrected chi connectivity index (χ4v) is 2.77. The van der Waals surface area contributed by atoms with Crippen molar-refractivity contribution in [1.29, 1.82) is 0 Å². The normalized spacial score (nSPS) is 12.4. The highest BCUT2D eigenvalue weighted by molar-refractivity contribution is 9.10. The van der Waals surface area contributed by atoms with Crippen LogP contribution in [0.1, 0.15) is 30.5 Å². The molecule has 1 N–H and O–H groups in total. The van der Waals surface area contributed by atoms with E-state index in [9.17, 15) is 4.39 Å². The molecule has 1 unspecified atom stereocenters. The summed E-state index contributed by atoms with van der Waals surface area (Å²) in [5.41, 5.74) is 1.61. The molecule has 0 bridgehead atoms. The number of hydrogen-bond donors (Lipinski definition) is 1. The molecule has 0 spiro atoms. The topological polar surface area (TPSA) is 24.9 Å². The Morgan fingerprint density at radius 2 is 2.19 bits per heavy atom. The largest absolute Gasteiger partial charge is 0.310 e. The molecule has 0 aliphatic heterocycles. The molecule has 1 aromatic carbocycles. The lowest BCUT2D eigenvalue weighted by molar-refractivity contribution is 0.512. The second-order valence-corrected chi connectivity index (χ2v) is 6.17. The van der Waals surface area contributed by atoms with Crippen molar-refractivity contribution in [2.24, 2.45) is 0 Å². The molecule has 0 fully saturated rings. The number of nitrogens with one attached hydrogen (secondary N) is 1. The highest BCUT2D eigenvalue weighted by atomic mass is 79.9. The van der Waals surface area contributed by atoms with E-state index in [-0.39, 0.29) is 11.9 Å². The first kappa shape index (κ1) is 16.4. The van der Waals surface area contributed by atoms with Crippen LogP contribution in [0.4, 0.5) is 4.39 Å². The van der Waals surface area contributed by atoms with Crippen molar-refractivity contribution < 1.29 is 4.39 Å². The van der Waals surface area contributed by atoms with Crippen molar-refractivity contribution in [3.63, 3.8) is 0 Å². The molecule has 0 aliphatic rings. The van der Waals surface area contributed by atoms with Gasteiger partial charge in [-0.3, -0.25) is 4.98 Å². The summed E-state index contributed by atoms with van der Waals surface area (Å²) in [7, 11) is 0. The van der Waals surface area contributed by atoms with Crippen LogP contribution in [-0.2, 0) is 6.42 Å². The number of halogens is 3. The van der Waals surface area contributed by atoms with Gasteiger partial charge in [0.05, 0.1) is 5.02 Å². The third-order valence-corrected chi connectivity index (χ3v) is 4.07. The summed E-state index contributed by atoms with van der Waals surface area (Å²) >= 11 is 9.50. The Balaban J connectivity index is 2.26. The van der Waals surface area contributed by atoms with Crippen molar-refractivity contribution in [2.75, 3.05) is 6.54 Å². The molecule has 1 atom stereocenters. The Morgan fingerprint density at radius 1 is 1.38 bits per heavy atom. The van der Waals surface area contributed by atoms with Gasteiger partial charge in [-0.05, 0) is 48.7 Å². The van der Waals surface area contributed by atoms with E-state index in [2.05, 4.69) is 33.2 Å². The van der Waals surface area contributed by atoms with E-state index in [1.54, 1.807) is 18.5 Å². The van der Waals surface area contributed by atoms with Crippen LogP contribution in [0.2, 0.25) is 5.02 Å². The standard InChI is InChI=1S/C16H17BrClFN2/c1-2-6-21-16(13-5-7-20-10-14(13)18)8-11-3-4-12(17)9-15(11)19/h3-5,7,9-10,16,21H,2,6,8H2,1H3. The van der Waals surface area contributed by atoms with Gasteiger partial charge >= 0.3 is 0 Å². The zero-order chi connectivity index (χ0) is 15.2. The second-order valence-electron chi connectivity index (χ2n) is 4.84. The minimum absolute atomic E-state index is 0.0314. The molecule has 1 aromatic heterocycles. The van der Waals surface area contributed by atoms with E-state index in [1.165, 1.54) is 6.07 Å². The van der Waals surface area contributed by atoms with Gasteiger partial charge in [0.15, 0.2) is 0 Å². The number of nitrogens with zero attached hydrogens (tertiary/aromatic N) is 1. The summed E-state index contributed by atoms with van der Waals surface area (Å²) in [5.74, 6) is -0.210. The molecule has 2 rings (SSSR count). The molecule has 21 heavy (non-hydrogen) atoms. The lowest BCUT2D eigenvalue weighted by Crippen LogP contribution is -2.24. The predicted octanol–water partition coefficient (Wildman–Crippen LogP) is 4.92. The maximum Gasteiger partial charge on any atom is 0.127 e. The van der Waals surface area contributed by atoms with Crippen LogP contribution in [-0.4, -0.2) is 11.5 Å². The maximum atomic E-state index is 14.0. The first-order valence-electron chi connectivity index (χ1n) is 6.88. The Kier molecular flexibility index (Phi) is 6.15.